The number of hydrogen-bond acceptors (Lipinski definition) is 8. The average molecular weight is 616 g/mol. The van der Waals surface area contributed by atoms with Gasteiger partial charge in [-0.05, 0) is 44.1 Å². The van der Waals surface area contributed by atoms with Gasteiger partial charge >= 0.3 is 5.97 Å². The van der Waals surface area contributed by atoms with Gasteiger partial charge in [0.25, 0.3) is 0 Å². The first-order valence-corrected chi connectivity index (χ1v) is 15.0. The summed E-state index contributed by atoms with van der Waals surface area (Å²) in [5.41, 5.74) is 8.39. The molecule has 0 spiro atoms. The third kappa shape index (κ3) is 11.7. The number of amides is 3. The van der Waals surface area contributed by atoms with Crippen molar-refractivity contribution in [2.75, 3.05) is 6.54 Å². The number of aromatic nitrogens is 2. The smallest absolute Gasteiger partial charge is 0.326 e. The second-order valence-corrected chi connectivity index (χ2v) is 12.1. The molecule has 0 aliphatic rings. The van der Waals surface area contributed by atoms with Crippen LogP contribution in [0.3, 0.4) is 0 Å². The van der Waals surface area contributed by atoms with Crippen molar-refractivity contribution in [3.8, 4) is 0 Å². The molecule has 2 rings (SSSR count). The number of H-pyrrole nitrogens is 1. The lowest BCUT2D eigenvalue weighted by molar-refractivity contribution is -0.143. The molecule has 244 valence electrons. The Morgan fingerprint density at radius 3 is 2.09 bits per heavy atom. The Morgan fingerprint density at radius 1 is 0.909 bits per heavy atom. The van der Waals surface area contributed by atoms with Gasteiger partial charge in [-0.2, -0.15) is 0 Å². The minimum absolute atomic E-state index is 0.0525. The van der Waals surface area contributed by atoms with E-state index in [0.29, 0.717) is 18.5 Å². The fourth-order valence-electron chi connectivity index (χ4n) is 4.62. The summed E-state index contributed by atoms with van der Waals surface area (Å²) < 4.78 is 0. The summed E-state index contributed by atoms with van der Waals surface area (Å²) in [6.07, 6.45) is 1.20. The zero-order chi connectivity index (χ0) is 33.0. The van der Waals surface area contributed by atoms with E-state index in [4.69, 9.17) is 5.73 Å². The molecule has 0 aliphatic carbocycles. The molecule has 1 unspecified atom stereocenters. The molecule has 0 radical (unpaired) electrons. The number of imidazole rings is 1. The molecule has 1 aromatic carbocycles. The highest BCUT2D eigenvalue weighted by atomic mass is 16.4. The third-order valence-corrected chi connectivity index (χ3v) is 7.37. The lowest BCUT2D eigenvalue weighted by Gasteiger charge is -2.28. The number of carbonyl (C=O) groups is 4. The van der Waals surface area contributed by atoms with Crippen LogP contribution in [-0.2, 0) is 32.0 Å². The molecule has 9 N–H and O–H groups in total. The minimum atomic E-state index is -1.12. The van der Waals surface area contributed by atoms with Crippen LogP contribution in [0.4, 0.5) is 0 Å². The second kappa shape index (κ2) is 17.5. The Morgan fingerprint density at radius 2 is 1.55 bits per heavy atom. The van der Waals surface area contributed by atoms with Crippen LogP contribution in [0.25, 0.3) is 0 Å². The molecule has 13 heteroatoms. The molecular formula is C31H49N7O6. The summed E-state index contributed by atoms with van der Waals surface area (Å²) in [6.45, 7) is 10.6. The van der Waals surface area contributed by atoms with Gasteiger partial charge in [0, 0.05) is 18.7 Å². The lowest BCUT2D eigenvalue weighted by Crippen LogP contribution is -2.57. The highest BCUT2D eigenvalue weighted by Crippen LogP contribution is 2.10. The molecule has 0 saturated heterocycles. The summed E-state index contributed by atoms with van der Waals surface area (Å²) in [5, 5.41) is 31.5. The Labute approximate surface area is 259 Å². The van der Waals surface area contributed by atoms with Crippen LogP contribution in [0.2, 0.25) is 0 Å². The van der Waals surface area contributed by atoms with Crippen molar-refractivity contribution >= 4 is 23.7 Å². The van der Waals surface area contributed by atoms with Crippen LogP contribution in [0.1, 0.15) is 58.0 Å². The molecule has 0 aliphatic heterocycles. The van der Waals surface area contributed by atoms with Crippen LogP contribution < -0.4 is 27.0 Å². The van der Waals surface area contributed by atoms with Crippen LogP contribution in [0.15, 0.2) is 36.7 Å². The van der Waals surface area contributed by atoms with Gasteiger partial charge < -0.3 is 42.2 Å². The lowest BCUT2D eigenvalue weighted by atomic mass is 10.00. The molecule has 6 atom stereocenters. The van der Waals surface area contributed by atoms with Gasteiger partial charge in [0.15, 0.2) is 0 Å². The maximum Gasteiger partial charge on any atom is 0.326 e. The summed E-state index contributed by atoms with van der Waals surface area (Å²) in [7, 11) is 0. The molecule has 44 heavy (non-hydrogen) atoms. The van der Waals surface area contributed by atoms with E-state index < -0.39 is 60.0 Å². The van der Waals surface area contributed by atoms with Gasteiger partial charge in [-0.15, -0.1) is 0 Å². The summed E-state index contributed by atoms with van der Waals surface area (Å²) in [6, 6.07) is 4.84. The average Bonchev–Trinajstić information content (AvgIpc) is 3.36. The predicted molar refractivity (Wildman–Crippen MR) is 166 cm³/mol. The minimum Gasteiger partial charge on any atom is -0.480 e. The second-order valence-electron chi connectivity index (χ2n) is 12.1. The predicted octanol–water partition coefficient (Wildman–Crippen LogP) is 0.411. The first-order valence-electron chi connectivity index (χ1n) is 15.0. The number of nitrogens with one attached hydrogen (secondary N) is 5. The third-order valence-electron chi connectivity index (χ3n) is 7.37. The van der Waals surface area contributed by atoms with Crippen LogP contribution in [0.5, 0.6) is 0 Å². The summed E-state index contributed by atoms with van der Waals surface area (Å²) in [5.74, 6) is -2.84. The van der Waals surface area contributed by atoms with Crippen molar-refractivity contribution < 1.29 is 29.4 Å². The van der Waals surface area contributed by atoms with Gasteiger partial charge in [0.1, 0.15) is 12.1 Å². The zero-order valence-electron chi connectivity index (χ0n) is 26.5. The molecular weight excluding hydrogens is 566 g/mol. The first-order chi connectivity index (χ1) is 20.7. The van der Waals surface area contributed by atoms with Gasteiger partial charge in [0.05, 0.1) is 36.3 Å². The Hall–Kier alpha value is -3.81. The van der Waals surface area contributed by atoms with E-state index in [0.717, 1.165) is 11.3 Å². The highest BCUT2D eigenvalue weighted by Gasteiger charge is 2.30. The number of carboxylic acids is 1. The number of nitrogens with two attached hydrogens (primary N) is 1. The molecule has 2 aromatic rings. The van der Waals surface area contributed by atoms with Crippen molar-refractivity contribution in [2.24, 2.45) is 17.6 Å². The molecule has 1 aromatic heterocycles. The fourth-order valence-corrected chi connectivity index (χ4v) is 4.62. The van der Waals surface area contributed by atoms with E-state index in [9.17, 15) is 29.4 Å². The molecule has 0 saturated carbocycles. The van der Waals surface area contributed by atoms with Crippen molar-refractivity contribution in [3.05, 3.63) is 53.6 Å². The maximum atomic E-state index is 13.4. The Bertz CT molecular complexity index is 1220. The molecule has 13 nitrogen and oxygen atoms in total. The monoisotopic (exact) mass is 615 g/mol. The van der Waals surface area contributed by atoms with E-state index in [1.165, 1.54) is 6.33 Å². The number of aromatic amines is 1. The van der Waals surface area contributed by atoms with E-state index >= 15 is 0 Å². The number of aliphatic carboxylic acids is 1. The van der Waals surface area contributed by atoms with Crippen molar-refractivity contribution in [1.82, 2.24) is 31.2 Å². The van der Waals surface area contributed by atoms with E-state index in [2.05, 4.69) is 31.2 Å². The highest BCUT2D eigenvalue weighted by molar-refractivity contribution is 5.90. The maximum absolute atomic E-state index is 13.4. The Kier molecular flexibility index (Phi) is 14.4. The molecule has 3 amide bonds. The van der Waals surface area contributed by atoms with Crippen LogP contribution in [0, 0.1) is 18.8 Å². The van der Waals surface area contributed by atoms with E-state index in [-0.39, 0.29) is 24.8 Å². The summed E-state index contributed by atoms with van der Waals surface area (Å²) in [4.78, 5) is 58.2. The van der Waals surface area contributed by atoms with Crippen molar-refractivity contribution in [2.45, 2.75) is 97.1 Å². The largest absolute Gasteiger partial charge is 0.480 e. The fraction of sp³-hybridized carbons (Fsp3) is 0.581. The van der Waals surface area contributed by atoms with Gasteiger partial charge in [-0.1, -0.05) is 58.0 Å². The SMILES string of the molecule is Cc1[nH]cnc1C[C@H](NC(=O)[C@@H](N)Cc1ccccc1)C(=O)N[C@@H](C)C(O)CN[C@@H](CC(C)C)C(=O)N[C@H](C(=O)O)C(C)C. The number of hydrogen-bond donors (Lipinski definition) is 8. The number of aliphatic hydroxyl groups is 1. The normalized spacial score (nSPS) is 15.6. The van der Waals surface area contributed by atoms with Gasteiger partial charge in [0.2, 0.25) is 17.7 Å². The van der Waals surface area contributed by atoms with Crippen LogP contribution >= 0.6 is 0 Å². The number of nitrogens with zero attached hydrogens (tertiary/aromatic N) is 1. The number of benzene rings is 1. The standard InChI is InChI=1S/C31H49N7O6/c1-17(2)12-24(29(41)38-27(18(3)4)31(43)44)33-15-26(39)20(6)36-30(42)25(14-23-19(5)34-16-35-23)37-28(40)22(32)13-21-10-8-7-9-11-21/h7-11,16-18,20,22,24-27,33,39H,12-15,32H2,1-6H3,(H,34,35)(H,36,42)(H,37,40)(H,38,41)(H,43,44)/t20-,22-,24-,25-,26?,27-/m0/s1. The van der Waals surface area contributed by atoms with E-state index in [1.54, 1.807) is 20.8 Å². The molecule has 0 bridgehead atoms. The number of aryl methyl sites for hydroxylation is 1. The zero-order valence-corrected chi connectivity index (χ0v) is 26.5. The van der Waals surface area contributed by atoms with Crippen molar-refractivity contribution in [3.63, 3.8) is 0 Å². The van der Waals surface area contributed by atoms with Gasteiger partial charge in [-0.3, -0.25) is 14.4 Å². The number of aliphatic hydroxyl groups excluding tert-OH is 1. The van der Waals surface area contributed by atoms with E-state index in [1.807, 2.05) is 51.1 Å². The quantitative estimate of drug-likeness (QED) is 0.117. The summed E-state index contributed by atoms with van der Waals surface area (Å²) >= 11 is 0. The first kappa shape index (κ1) is 36.4. The van der Waals surface area contributed by atoms with Gasteiger partial charge in [-0.25, -0.2) is 9.78 Å². The molecule has 0 fully saturated rings. The topological polar surface area (TPSA) is 212 Å². The number of carboxylic acid groups (broad SMARTS) is 1. The van der Waals surface area contributed by atoms with Crippen LogP contribution in [-0.4, -0.2) is 86.7 Å². The number of carbonyl (C=O) groups excluding carboxylic acids is 3. The Balaban J connectivity index is 2.06. The number of rotatable bonds is 18. The van der Waals surface area contributed by atoms with Crippen molar-refractivity contribution in [1.29, 1.82) is 0 Å². The molecule has 1 heterocycles.